The molecular formula is C19H23N3O3S2. The SMILES string of the molecule is O=C(Nc1nc2c(s1)CCCCCC2)c1ccc(S(=O)(=O)NC2CC2)cc1. The molecule has 0 atom stereocenters. The summed E-state index contributed by atoms with van der Waals surface area (Å²) in [6, 6.07) is 6.09. The maximum Gasteiger partial charge on any atom is 0.257 e. The molecule has 1 aromatic carbocycles. The average molecular weight is 406 g/mol. The minimum absolute atomic E-state index is 0.0577. The van der Waals surface area contributed by atoms with Gasteiger partial charge < -0.3 is 0 Å². The molecule has 2 aliphatic rings. The Labute approximate surface area is 163 Å². The maximum atomic E-state index is 12.5. The van der Waals surface area contributed by atoms with Crippen LogP contribution in [0.2, 0.25) is 0 Å². The lowest BCUT2D eigenvalue weighted by Gasteiger charge is -2.06. The first kappa shape index (κ1) is 18.6. The van der Waals surface area contributed by atoms with Gasteiger partial charge in [-0.1, -0.05) is 12.8 Å². The Bertz CT molecular complexity index is 906. The van der Waals surface area contributed by atoms with E-state index in [1.807, 2.05) is 0 Å². The summed E-state index contributed by atoms with van der Waals surface area (Å²) in [6.07, 6.45) is 8.59. The molecule has 0 saturated heterocycles. The lowest BCUT2D eigenvalue weighted by Crippen LogP contribution is -2.25. The molecule has 4 rings (SSSR count). The summed E-state index contributed by atoms with van der Waals surface area (Å²) in [7, 11) is -3.50. The van der Waals surface area contributed by atoms with Crippen molar-refractivity contribution in [3.8, 4) is 0 Å². The molecular weight excluding hydrogens is 382 g/mol. The summed E-state index contributed by atoms with van der Waals surface area (Å²) < 4.78 is 27.0. The number of rotatable bonds is 5. The lowest BCUT2D eigenvalue weighted by atomic mass is 10.0. The van der Waals surface area contributed by atoms with Gasteiger partial charge in [-0.3, -0.25) is 10.1 Å². The molecule has 2 N–H and O–H groups in total. The zero-order valence-corrected chi connectivity index (χ0v) is 16.7. The average Bonchev–Trinajstić information content (AvgIpc) is 3.36. The Balaban J connectivity index is 1.44. The number of sulfonamides is 1. The summed E-state index contributed by atoms with van der Waals surface area (Å²) in [5, 5.41) is 3.48. The predicted octanol–water partition coefficient (Wildman–Crippen LogP) is 3.50. The molecule has 2 aliphatic carbocycles. The first-order valence-electron chi connectivity index (χ1n) is 9.43. The minimum Gasteiger partial charge on any atom is -0.298 e. The highest BCUT2D eigenvalue weighted by Crippen LogP contribution is 2.29. The van der Waals surface area contributed by atoms with Crippen LogP contribution in [0.5, 0.6) is 0 Å². The number of nitrogens with zero attached hydrogens (tertiary/aromatic N) is 1. The van der Waals surface area contributed by atoms with Gasteiger partial charge in [-0.05, 0) is 62.8 Å². The van der Waals surface area contributed by atoms with Gasteiger partial charge in [0.05, 0.1) is 10.6 Å². The standard InChI is InChI=1S/C19H23N3O3S2/c23-18(21-19-20-16-5-3-1-2-4-6-17(16)26-19)13-7-11-15(12-8-13)27(24,25)22-14-9-10-14/h7-8,11-12,14,22H,1-6,9-10H2,(H,20,21,23). The Morgan fingerprint density at radius 1 is 1.04 bits per heavy atom. The summed E-state index contributed by atoms with van der Waals surface area (Å²) in [5.74, 6) is -0.268. The molecule has 0 radical (unpaired) electrons. The third-order valence-electron chi connectivity index (χ3n) is 4.89. The highest BCUT2D eigenvalue weighted by molar-refractivity contribution is 7.89. The van der Waals surface area contributed by atoms with Crippen molar-refractivity contribution in [3.63, 3.8) is 0 Å². The quantitative estimate of drug-likeness (QED) is 0.797. The number of benzene rings is 1. The molecule has 0 aliphatic heterocycles. The van der Waals surface area contributed by atoms with Crippen LogP contribution in [0.3, 0.4) is 0 Å². The predicted molar refractivity (Wildman–Crippen MR) is 106 cm³/mol. The lowest BCUT2D eigenvalue weighted by molar-refractivity contribution is 0.102. The van der Waals surface area contributed by atoms with Gasteiger partial charge in [-0.25, -0.2) is 18.1 Å². The number of anilines is 1. The van der Waals surface area contributed by atoms with E-state index >= 15 is 0 Å². The maximum absolute atomic E-state index is 12.5. The molecule has 1 heterocycles. The molecule has 1 saturated carbocycles. The largest absolute Gasteiger partial charge is 0.298 e. The van der Waals surface area contributed by atoms with Crippen molar-refractivity contribution < 1.29 is 13.2 Å². The third kappa shape index (κ3) is 4.56. The summed E-state index contributed by atoms with van der Waals surface area (Å²) in [5.41, 5.74) is 1.53. The fourth-order valence-corrected chi connectivity index (χ4v) is 5.55. The van der Waals surface area contributed by atoms with Crippen LogP contribution in [0.25, 0.3) is 0 Å². The molecule has 0 bridgehead atoms. The Hall–Kier alpha value is -1.77. The second-order valence-corrected chi connectivity index (χ2v) is 9.97. The van der Waals surface area contributed by atoms with Crippen LogP contribution >= 0.6 is 11.3 Å². The number of hydrogen-bond acceptors (Lipinski definition) is 5. The zero-order valence-electron chi connectivity index (χ0n) is 15.0. The van der Waals surface area contributed by atoms with Crippen LogP contribution in [0, 0.1) is 0 Å². The molecule has 1 amide bonds. The first-order chi connectivity index (χ1) is 13.0. The van der Waals surface area contributed by atoms with E-state index in [2.05, 4.69) is 15.0 Å². The Kier molecular flexibility index (Phi) is 5.29. The molecule has 0 spiro atoms. The van der Waals surface area contributed by atoms with E-state index in [1.165, 1.54) is 36.3 Å². The van der Waals surface area contributed by atoms with Gasteiger partial charge in [0.15, 0.2) is 5.13 Å². The van der Waals surface area contributed by atoms with Crippen LogP contribution in [-0.4, -0.2) is 25.4 Å². The fourth-order valence-electron chi connectivity index (χ4n) is 3.20. The number of fused-ring (bicyclic) bond motifs is 1. The smallest absolute Gasteiger partial charge is 0.257 e. The molecule has 144 valence electrons. The molecule has 1 fully saturated rings. The van der Waals surface area contributed by atoms with Crippen molar-refractivity contribution in [1.29, 1.82) is 0 Å². The van der Waals surface area contributed by atoms with E-state index < -0.39 is 10.0 Å². The van der Waals surface area contributed by atoms with Crippen molar-refractivity contribution in [2.24, 2.45) is 0 Å². The number of aryl methyl sites for hydroxylation is 2. The van der Waals surface area contributed by atoms with Gasteiger partial charge >= 0.3 is 0 Å². The summed E-state index contributed by atoms with van der Waals surface area (Å²) in [6.45, 7) is 0. The summed E-state index contributed by atoms with van der Waals surface area (Å²) >= 11 is 1.55. The second kappa shape index (κ2) is 7.69. The zero-order chi connectivity index (χ0) is 18.9. The van der Waals surface area contributed by atoms with Gasteiger partial charge in [-0.15, -0.1) is 11.3 Å². The van der Waals surface area contributed by atoms with Gasteiger partial charge in [0, 0.05) is 16.5 Å². The van der Waals surface area contributed by atoms with Crippen LogP contribution < -0.4 is 10.0 Å². The molecule has 0 unspecified atom stereocenters. The van der Waals surface area contributed by atoms with Crippen molar-refractivity contribution in [2.75, 3.05) is 5.32 Å². The van der Waals surface area contributed by atoms with E-state index in [0.717, 1.165) is 37.8 Å². The van der Waals surface area contributed by atoms with Crippen LogP contribution in [0.1, 0.15) is 59.5 Å². The number of carbonyl (C=O) groups is 1. The molecule has 2 aromatic rings. The summed E-state index contributed by atoms with van der Waals surface area (Å²) in [4.78, 5) is 18.6. The molecule has 1 aromatic heterocycles. The monoisotopic (exact) mass is 405 g/mol. The van der Waals surface area contributed by atoms with E-state index in [4.69, 9.17) is 0 Å². The highest BCUT2D eigenvalue weighted by atomic mass is 32.2. The number of thiazole rings is 1. The topological polar surface area (TPSA) is 88.2 Å². The van der Waals surface area contributed by atoms with Crippen molar-refractivity contribution in [3.05, 3.63) is 40.4 Å². The van der Waals surface area contributed by atoms with Gasteiger partial charge in [-0.2, -0.15) is 0 Å². The molecule has 6 nitrogen and oxygen atoms in total. The van der Waals surface area contributed by atoms with E-state index in [0.29, 0.717) is 10.7 Å². The normalized spacial score (nSPS) is 17.6. The first-order valence-corrected chi connectivity index (χ1v) is 11.7. The fraction of sp³-hybridized carbons (Fsp3) is 0.474. The third-order valence-corrected chi connectivity index (χ3v) is 7.50. The van der Waals surface area contributed by atoms with Gasteiger partial charge in [0.1, 0.15) is 0 Å². The van der Waals surface area contributed by atoms with E-state index in [9.17, 15) is 13.2 Å². The van der Waals surface area contributed by atoms with Crippen molar-refractivity contribution >= 4 is 32.4 Å². The molecule has 8 heteroatoms. The van der Waals surface area contributed by atoms with Gasteiger partial charge in [0.25, 0.3) is 5.91 Å². The number of nitrogens with one attached hydrogen (secondary N) is 2. The van der Waals surface area contributed by atoms with Crippen molar-refractivity contribution in [2.45, 2.75) is 62.3 Å². The molecule has 27 heavy (non-hydrogen) atoms. The van der Waals surface area contributed by atoms with Crippen LogP contribution in [0.15, 0.2) is 29.2 Å². The highest BCUT2D eigenvalue weighted by Gasteiger charge is 2.28. The number of aromatic nitrogens is 1. The minimum atomic E-state index is -3.50. The van der Waals surface area contributed by atoms with Crippen LogP contribution in [0.4, 0.5) is 5.13 Å². The Morgan fingerprint density at radius 3 is 2.44 bits per heavy atom. The number of amides is 1. The number of hydrogen-bond donors (Lipinski definition) is 2. The van der Waals surface area contributed by atoms with E-state index in [-0.39, 0.29) is 16.8 Å². The number of carbonyl (C=O) groups excluding carboxylic acids is 1. The van der Waals surface area contributed by atoms with E-state index in [1.54, 1.807) is 23.5 Å². The second-order valence-electron chi connectivity index (χ2n) is 7.18. The van der Waals surface area contributed by atoms with Gasteiger partial charge in [0.2, 0.25) is 10.0 Å². The van der Waals surface area contributed by atoms with Crippen molar-refractivity contribution in [1.82, 2.24) is 9.71 Å². The Morgan fingerprint density at radius 2 is 1.74 bits per heavy atom. The van der Waals surface area contributed by atoms with Crippen LogP contribution in [-0.2, 0) is 22.9 Å².